The molecule has 6 nitrogen and oxygen atoms in total. The summed E-state index contributed by atoms with van der Waals surface area (Å²) in [7, 11) is 3.49. The summed E-state index contributed by atoms with van der Waals surface area (Å²) in [4.78, 5) is 6.22. The fourth-order valence-electron chi connectivity index (χ4n) is 1.83. The summed E-state index contributed by atoms with van der Waals surface area (Å²) in [6.07, 6.45) is 0. The summed E-state index contributed by atoms with van der Waals surface area (Å²) < 4.78 is 5.33. The topological polar surface area (TPSA) is 84.0 Å². The number of rotatable bonds is 4. The maximum Gasteiger partial charge on any atom is 0.188 e. The number of aromatic nitrogens is 1. The van der Waals surface area contributed by atoms with Crippen LogP contribution in [0.3, 0.4) is 0 Å². The average molecular weight is 272 g/mol. The minimum Gasteiger partial charge on any atom is -0.495 e. The van der Waals surface area contributed by atoms with Crippen LogP contribution in [0.15, 0.2) is 47.6 Å². The van der Waals surface area contributed by atoms with E-state index in [1.807, 2.05) is 42.3 Å². The Bertz CT molecular complexity index is 628. The number of amidine groups is 1. The summed E-state index contributed by atoms with van der Waals surface area (Å²) in [5.74, 6) is 1.38. The molecule has 0 saturated heterocycles. The summed E-state index contributed by atoms with van der Waals surface area (Å²) in [6, 6.07) is 12.9. The van der Waals surface area contributed by atoms with Gasteiger partial charge in [0.1, 0.15) is 17.3 Å². The zero-order valence-electron chi connectivity index (χ0n) is 11.3. The Labute approximate surface area is 117 Å². The van der Waals surface area contributed by atoms with E-state index < -0.39 is 0 Å². The molecular weight excluding hydrogens is 256 g/mol. The Morgan fingerprint density at radius 1 is 1.25 bits per heavy atom. The number of para-hydroxylation sites is 2. The van der Waals surface area contributed by atoms with Crippen LogP contribution in [0.2, 0.25) is 0 Å². The zero-order chi connectivity index (χ0) is 14.5. The van der Waals surface area contributed by atoms with Crippen molar-refractivity contribution in [3.8, 4) is 5.75 Å². The van der Waals surface area contributed by atoms with Crippen LogP contribution in [-0.2, 0) is 0 Å². The van der Waals surface area contributed by atoms with E-state index in [4.69, 9.17) is 15.7 Å². The SMILES string of the molecule is COc1ccccc1N(C)c1cccc(C(N)=NO)n1. The number of anilines is 2. The smallest absolute Gasteiger partial charge is 0.188 e. The molecular formula is C14H16N4O2. The van der Waals surface area contributed by atoms with Crippen LogP contribution < -0.4 is 15.4 Å². The molecule has 0 aliphatic rings. The second-order valence-corrected chi connectivity index (χ2v) is 4.10. The van der Waals surface area contributed by atoms with Gasteiger partial charge in [0.15, 0.2) is 5.84 Å². The lowest BCUT2D eigenvalue weighted by atomic mass is 10.2. The van der Waals surface area contributed by atoms with Gasteiger partial charge < -0.3 is 20.6 Å². The fourth-order valence-corrected chi connectivity index (χ4v) is 1.83. The predicted molar refractivity (Wildman–Crippen MR) is 77.8 cm³/mol. The van der Waals surface area contributed by atoms with Gasteiger partial charge in [0.05, 0.1) is 12.8 Å². The van der Waals surface area contributed by atoms with Crippen LogP contribution >= 0.6 is 0 Å². The highest BCUT2D eigenvalue weighted by atomic mass is 16.5. The van der Waals surface area contributed by atoms with Crippen molar-refractivity contribution in [1.82, 2.24) is 4.98 Å². The summed E-state index contributed by atoms with van der Waals surface area (Å²) in [6.45, 7) is 0. The van der Waals surface area contributed by atoms with Crippen LogP contribution in [0, 0.1) is 0 Å². The van der Waals surface area contributed by atoms with Gasteiger partial charge in [-0.1, -0.05) is 23.4 Å². The van der Waals surface area contributed by atoms with Gasteiger partial charge in [-0.3, -0.25) is 0 Å². The lowest BCUT2D eigenvalue weighted by Gasteiger charge is -2.21. The zero-order valence-corrected chi connectivity index (χ0v) is 11.3. The van der Waals surface area contributed by atoms with E-state index >= 15 is 0 Å². The van der Waals surface area contributed by atoms with Crippen LogP contribution in [0.25, 0.3) is 0 Å². The van der Waals surface area contributed by atoms with E-state index in [9.17, 15) is 0 Å². The fraction of sp³-hybridized carbons (Fsp3) is 0.143. The van der Waals surface area contributed by atoms with E-state index in [0.29, 0.717) is 11.5 Å². The van der Waals surface area contributed by atoms with Gasteiger partial charge in [-0.15, -0.1) is 0 Å². The third-order valence-corrected chi connectivity index (χ3v) is 2.89. The van der Waals surface area contributed by atoms with Crippen molar-refractivity contribution in [2.75, 3.05) is 19.1 Å². The number of hydrogen-bond donors (Lipinski definition) is 2. The van der Waals surface area contributed by atoms with Crippen molar-refractivity contribution in [3.05, 3.63) is 48.2 Å². The third-order valence-electron chi connectivity index (χ3n) is 2.89. The minimum atomic E-state index is -0.0275. The molecule has 1 aromatic carbocycles. The molecule has 0 amide bonds. The highest BCUT2D eigenvalue weighted by molar-refractivity contribution is 5.95. The number of ether oxygens (including phenoxy) is 1. The van der Waals surface area contributed by atoms with Crippen LogP contribution in [0.4, 0.5) is 11.5 Å². The number of hydrogen-bond acceptors (Lipinski definition) is 5. The molecule has 0 spiro atoms. The standard InChI is InChI=1S/C14H16N4O2/c1-18(11-7-3-4-8-12(11)20-2)13-9-5-6-10(16-13)14(15)17-19/h3-9,19H,1-2H3,(H2,15,17). The first-order chi connectivity index (χ1) is 9.67. The molecule has 0 atom stereocenters. The van der Waals surface area contributed by atoms with E-state index in [2.05, 4.69) is 10.1 Å². The number of nitrogens with two attached hydrogens (primary N) is 1. The second-order valence-electron chi connectivity index (χ2n) is 4.10. The molecule has 6 heteroatoms. The van der Waals surface area contributed by atoms with Crippen LogP contribution in [0.5, 0.6) is 5.75 Å². The number of benzene rings is 1. The molecule has 0 fully saturated rings. The maximum atomic E-state index is 8.71. The molecule has 1 heterocycles. The lowest BCUT2D eigenvalue weighted by molar-refractivity contribution is 0.318. The van der Waals surface area contributed by atoms with Gasteiger partial charge in [-0.25, -0.2) is 4.98 Å². The van der Waals surface area contributed by atoms with E-state index in [-0.39, 0.29) is 5.84 Å². The summed E-state index contributed by atoms with van der Waals surface area (Å²) >= 11 is 0. The number of oxime groups is 1. The monoisotopic (exact) mass is 272 g/mol. The lowest BCUT2D eigenvalue weighted by Crippen LogP contribution is -2.18. The minimum absolute atomic E-state index is 0.0275. The molecule has 0 unspecified atom stereocenters. The highest BCUT2D eigenvalue weighted by Gasteiger charge is 2.11. The molecule has 20 heavy (non-hydrogen) atoms. The second kappa shape index (κ2) is 5.92. The normalized spacial score (nSPS) is 11.2. The Hall–Kier alpha value is -2.76. The molecule has 104 valence electrons. The molecule has 1 aromatic heterocycles. The van der Waals surface area contributed by atoms with E-state index in [0.717, 1.165) is 11.4 Å². The summed E-state index contributed by atoms with van der Waals surface area (Å²) in [5, 5.41) is 11.7. The van der Waals surface area contributed by atoms with Crippen molar-refractivity contribution in [3.63, 3.8) is 0 Å². The molecule has 0 radical (unpaired) electrons. The van der Waals surface area contributed by atoms with Crippen molar-refractivity contribution < 1.29 is 9.94 Å². The van der Waals surface area contributed by atoms with E-state index in [1.165, 1.54) is 0 Å². The Kier molecular flexibility index (Phi) is 4.05. The van der Waals surface area contributed by atoms with Crippen LogP contribution in [0.1, 0.15) is 5.69 Å². The van der Waals surface area contributed by atoms with Crippen LogP contribution in [-0.4, -0.2) is 30.2 Å². The first kappa shape index (κ1) is 13.7. The maximum absolute atomic E-state index is 8.71. The van der Waals surface area contributed by atoms with Gasteiger partial charge >= 0.3 is 0 Å². The van der Waals surface area contributed by atoms with Crippen molar-refractivity contribution in [1.29, 1.82) is 0 Å². The Morgan fingerprint density at radius 3 is 2.70 bits per heavy atom. The quantitative estimate of drug-likeness (QED) is 0.384. The van der Waals surface area contributed by atoms with Crippen molar-refractivity contribution >= 4 is 17.3 Å². The summed E-state index contributed by atoms with van der Waals surface area (Å²) in [5.41, 5.74) is 6.84. The third kappa shape index (κ3) is 2.64. The van der Waals surface area contributed by atoms with Gasteiger partial charge in [-0.05, 0) is 24.3 Å². The van der Waals surface area contributed by atoms with Gasteiger partial charge in [0.25, 0.3) is 0 Å². The predicted octanol–water partition coefficient (Wildman–Crippen LogP) is 1.95. The van der Waals surface area contributed by atoms with Gasteiger partial charge in [-0.2, -0.15) is 0 Å². The average Bonchev–Trinajstić information content (AvgIpc) is 2.53. The number of methoxy groups -OCH3 is 1. The van der Waals surface area contributed by atoms with E-state index in [1.54, 1.807) is 19.2 Å². The molecule has 2 rings (SSSR count). The van der Waals surface area contributed by atoms with Crippen molar-refractivity contribution in [2.45, 2.75) is 0 Å². The molecule has 0 aliphatic carbocycles. The Morgan fingerprint density at radius 2 is 2.00 bits per heavy atom. The first-order valence-corrected chi connectivity index (χ1v) is 5.99. The van der Waals surface area contributed by atoms with Gasteiger partial charge in [0.2, 0.25) is 0 Å². The Balaban J connectivity index is 2.41. The molecule has 3 N–H and O–H groups in total. The molecule has 0 aliphatic heterocycles. The van der Waals surface area contributed by atoms with Crippen molar-refractivity contribution in [2.24, 2.45) is 10.9 Å². The molecule has 2 aromatic rings. The number of pyridine rings is 1. The molecule has 0 bridgehead atoms. The molecule has 0 saturated carbocycles. The first-order valence-electron chi connectivity index (χ1n) is 5.99. The number of nitrogens with zero attached hydrogens (tertiary/aromatic N) is 3. The van der Waals surface area contributed by atoms with Gasteiger partial charge in [0, 0.05) is 7.05 Å². The largest absolute Gasteiger partial charge is 0.495 e. The highest BCUT2D eigenvalue weighted by Crippen LogP contribution is 2.31.